The van der Waals surface area contributed by atoms with E-state index < -0.39 is 4.92 Å². The third-order valence-corrected chi connectivity index (χ3v) is 3.29. The van der Waals surface area contributed by atoms with Crippen LogP contribution in [0.5, 0.6) is 0 Å². The maximum absolute atomic E-state index is 12.2. The van der Waals surface area contributed by atoms with Gasteiger partial charge in [-0.2, -0.15) is 0 Å². The van der Waals surface area contributed by atoms with E-state index in [9.17, 15) is 14.9 Å². The molecule has 2 rings (SSSR count). The molecule has 1 N–H and O–H groups in total. The smallest absolute Gasteiger partial charge is 0.270 e. The number of nitrogens with one attached hydrogen (secondary N) is 1. The highest BCUT2D eigenvalue weighted by molar-refractivity contribution is 9.10. The number of nitro benzene ring substituents is 1. The van der Waals surface area contributed by atoms with Gasteiger partial charge in [-0.15, -0.1) is 0 Å². The maximum Gasteiger partial charge on any atom is 0.270 e. The van der Waals surface area contributed by atoms with Crippen molar-refractivity contribution in [2.45, 2.75) is 13.8 Å². The van der Waals surface area contributed by atoms with Gasteiger partial charge in [0.15, 0.2) is 0 Å². The molecular weight excluding hydrogens is 336 g/mol. The highest BCUT2D eigenvalue weighted by Crippen LogP contribution is 2.21. The van der Waals surface area contributed by atoms with Crippen LogP contribution in [-0.2, 0) is 0 Å². The van der Waals surface area contributed by atoms with E-state index in [-0.39, 0.29) is 17.2 Å². The minimum atomic E-state index is -0.507. The van der Waals surface area contributed by atoms with Crippen LogP contribution in [0, 0.1) is 24.0 Å². The number of non-ortho nitro benzene ring substituents is 1. The minimum absolute atomic E-state index is 0.0921. The van der Waals surface area contributed by atoms with Gasteiger partial charge < -0.3 is 5.32 Å². The van der Waals surface area contributed by atoms with Crippen LogP contribution in [0.1, 0.15) is 21.5 Å². The summed E-state index contributed by atoms with van der Waals surface area (Å²) in [5.74, 6) is -0.376. The Balaban J connectivity index is 2.30. The van der Waals surface area contributed by atoms with Crippen molar-refractivity contribution in [3.8, 4) is 0 Å². The number of nitrogens with zero attached hydrogens (tertiary/aromatic N) is 1. The summed E-state index contributed by atoms with van der Waals surface area (Å²) in [6.45, 7) is 3.63. The van der Waals surface area contributed by atoms with E-state index in [1.807, 2.05) is 19.1 Å². The Morgan fingerprint density at radius 1 is 1.10 bits per heavy atom. The van der Waals surface area contributed by atoms with E-state index in [0.717, 1.165) is 10.0 Å². The van der Waals surface area contributed by atoms with Gasteiger partial charge in [-0.3, -0.25) is 14.9 Å². The molecule has 0 saturated heterocycles. The molecule has 2 aromatic rings. The number of amides is 1. The number of halogens is 1. The van der Waals surface area contributed by atoms with E-state index in [0.29, 0.717) is 11.3 Å². The predicted octanol–water partition coefficient (Wildman–Crippen LogP) is 4.23. The highest BCUT2D eigenvalue weighted by Gasteiger charge is 2.13. The number of benzene rings is 2. The molecule has 0 aliphatic carbocycles. The minimum Gasteiger partial charge on any atom is -0.322 e. The molecule has 0 heterocycles. The fourth-order valence-electron chi connectivity index (χ4n) is 2.01. The van der Waals surface area contributed by atoms with Crippen molar-refractivity contribution in [3.05, 3.63) is 67.7 Å². The average Bonchev–Trinajstić information content (AvgIpc) is 2.36. The zero-order valence-corrected chi connectivity index (χ0v) is 13.1. The fourth-order valence-corrected chi connectivity index (χ4v) is 2.62. The number of hydrogen-bond acceptors (Lipinski definition) is 3. The summed E-state index contributed by atoms with van der Waals surface area (Å²) < 4.78 is 0.855. The maximum atomic E-state index is 12.2. The Bertz CT molecular complexity index is 709. The molecule has 5 nitrogen and oxygen atoms in total. The summed E-state index contributed by atoms with van der Waals surface area (Å²) in [5, 5.41) is 13.6. The molecule has 0 fully saturated rings. The first kappa shape index (κ1) is 15.2. The van der Waals surface area contributed by atoms with Gasteiger partial charge in [-0.05, 0) is 49.2 Å². The number of carbonyl (C=O) groups is 1. The number of hydrogen-bond donors (Lipinski definition) is 1. The van der Waals surface area contributed by atoms with E-state index in [1.165, 1.54) is 12.1 Å². The first-order valence-electron chi connectivity index (χ1n) is 6.20. The Kier molecular flexibility index (Phi) is 4.37. The largest absolute Gasteiger partial charge is 0.322 e. The summed E-state index contributed by atoms with van der Waals surface area (Å²) in [7, 11) is 0. The first-order valence-corrected chi connectivity index (χ1v) is 6.99. The summed E-state index contributed by atoms with van der Waals surface area (Å²) in [4.78, 5) is 22.6. The molecule has 0 aromatic heterocycles. The summed E-state index contributed by atoms with van der Waals surface area (Å²) in [6.07, 6.45) is 0. The second kappa shape index (κ2) is 6.05. The number of carbonyl (C=O) groups excluding carboxylic acids is 1. The second-order valence-corrected chi connectivity index (χ2v) is 5.70. The van der Waals surface area contributed by atoms with E-state index in [4.69, 9.17) is 0 Å². The Morgan fingerprint density at radius 3 is 2.38 bits per heavy atom. The van der Waals surface area contributed by atoms with Gasteiger partial charge in [0.25, 0.3) is 11.6 Å². The van der Waals surface area contributed by atoms with Crippen LogP contribution in [0.25, 0.3) is 0 Å². The second-order valence-electron chi connectivity index (χ2n) is 4.79. The third kappa shape index (κ3) is 3.88. The van der Waals surface area contributed by atoms with Crippen molar-refractivity contribution in [2.24, 2.45) is 0 Å². The zero-order chi connectivity index (χ0) is 15.6. The Labute approximate surface area is 130 Å². The van der Waals surface area contributed by atoms with Gasteiger partial charge in [0.2, 0.25) is 0 Å². The van der Waals surface area contributed by atoms with Crippen LogP contribution in [0.3, 0.4) is 0 Å². The molecule has 0 bridgehead atoms. The Morgan fingerprint density at radius 2 is 1.76 bits per heavy atom. The van der Waals surface area contributed by atoms with Gasteiger partial charge in [-0.25, -0.2) is 0 Å². The van der Waals surface area contributed by atoms with Crippen molar-refractivity contribution in [2.75, 3.05) is 5.32 Å². The molecule has 0 saturated carbocycles. The molecule has 0 radical (unpaired) electrons. The standard InChI is InChI=1S/C15H13BrN2O3/c1-9-3-11(7-14(6-9)18(20)21)15(19)17-13-5-10(2)4-12(16)8-13/h3-8H,1-2H3,(H,17,19). The number of nitro groups is 1. The average molecular weight is 349 g/mol. The molecule has 0 aliphatic rings. The molecule has 1 amide bonds. The molecule has 21 heavy (non-hydrogen) atoms. The van der Waals surface area contributed by atoms with Crippen LogP contribution < -0.4 is 5.32 Å². The SMILES string of the molecule is Cc1cc(Br)cc(NC(=O)c2cc(C)cc([N+](=O)[O-])c2)c1. The predicted molar refractivity (Wildman–Crippen MR) is 84.7 cm³/mol. The van der Waals surface area contributed by atoms with Crippen molar-refractivity contribution < 1.29 is 9.72 Å². The molecule has 0 atom stereocenters. The van der Waals surface area contributed by atoms with Crippen LogP contribution >= 0.6 is 15.9 Å². The summed E-state index contributed by atoms with van der Waals surface area (Å²) in [5.41, 5.74) is 2.47. The lowest BCUT2D eigenvalue weighted by Crippen LogP contribution is -2.12. The summed E-state index contributed by atoms with van der Waals surface area (Å²) >= 11 is 3.36. The van der Waals surface area contributed by atoms with Crippen molar-refractivity contribution >= 4 is 33.2 Å². The molecule has 6 heteroatoms. The lowest BCUT2D eigenvalue weighted by molar-refractivity contribution is -0.384. The van der Waals surface area contributed by atoms with E-state index >= 15 is 0 Å². The van der Waals surface area contributed by atoms with E-state index in [2.05, 4.69) is 21.2 Å². The quantitative estimate of drug-likeness (QED) is 0.666. The van der Waals surface area contributed by atoms with Crippen LogP contribution in [0.4, 0.5) is 11.4 Å². The van der Waals surface area contributed by atoms with Crippen LogP contribution in [0.2, 0.25) is 0 Å². The molecule has 0 unspecified atom stereocenters. The van der Waals surface area contributed by atoms with Gasteiger partial charge in [0, 0.05) is 27.9 Å². The number of anilines is 1. The van der Waals surface area contributed by atoms with Crippen molar-refractivity contribution in [1.29, 1.82) is 0 Å². The van der Waals surface area contributed by atoms with Crippen molar-refractivity contribution in [1.82, 2.24) is 0 Å². The molecule has 108 valence electrons. The number of aryl methyl sites for hydroxylation is 2. The molecule has 2 aromatic carbocycles. The molecular formula is C15H13BrN2O3. The lowest BCUT2D eigenvalue weighted by atomic mass is 10.1. The van der Waals surface area contributed by atoms with Crippen LogP contribution in [0.15, 0.2) is 40.9 Å². The summed E-state index contributed by atoms with van der Waals surface area (Å²) in [6, 6.07) is 9.84. The van der Waals surface area contributed by atoms with E-state index in [1.54, 1.807) is 19.1 Å². The Hall–Kier alpha value is -2.21. The highest BCUT2D eigenvalue weighted by atomic mass is 79.9. The lowest BCUT2D eigenvalue weighted by Gasteiger charge is -2.08. The van der Waals surface area contributed by atoms with Gasteiger partial charge in [-0.1, -0.05) is 15.9 Å². The molecule has 0 spiro atoms. The first-order chi connectivity index (χ1) is 9.85. The fraction of sp³-hybridized carbons (Fsp3) is 0.133. The topological polar surface area (TPSA) is 72.2 Å². The van der Waals surface area contributed by atoms with Gasteiger partial charge >= 0.3 is 0 Å². The normalized spacial score (nSPS) is 10.2. The monoisotopic (exact) mass is 348 g/mol. The van der Waals surface area contributed by atoms with Gasteiger partial charge in [0.05, 0.1) is 4.92 Å². The van der Waals surface area contributed by atoms with Crippen molar-refractivity contribution in [3.63, 3.8) is 0 Å². The molecule has 0 aliphatic heterocycles. The van der Waals surface area contributed by atoms with Gasteiger partial charge in [0.1, 0.15) is 0 Å². The third-order valence-electron chi connectivity index (χ3n) is 2.84. The number of rotatable bonds is 3. The zero-order valence-electron chi connectivity index (χ0n) is 11.5. The van der Waals surface area contributed by atoms with Crippen LogP contribution in [-0.4, -0.2) is 10.8 Å².